The van der Waals surface area contributed by atoms with Gasteiger partial charge in [0.25, 0.3) is 0 Å². The molecular formula is C32H37BrNOP. The smallest absolute Gasteiger partial charge is 0.122 e. The van der Waals surface area contributed by atoms with Gasteiger partial charge in [0.1, 0.15) is 28.9 Å². The highest BCUT2D eigenvalue weighted by Crippen LogP contribution is 2.55. The third-order valence-electron chi connectivity index (χ3n) is 6.51. The van der Waals surface area contributed by atoms with Crippen LogP contribution in [0.1, 0.15) is 18.4 Å². The van der Waals surface area contributed by atoms with Crippen LogP contribution in [0, 0.1) is 0 Å². The van der Waals surface area contributed by atoms with E-state index in [-0.39, 0.29) is 17.0 Å². The van der Waals surface area contributed by atoms with E-state index in [4.69, 9.17) is 4.74 Å². The Bertz CT molecular complexity index is 1060. The van der Waals surface area contributed by atoms with E-state index in [2.05, 4.69) is 134 Å². The van der Waals surface area contributed by atoms with Crippen LogP contribution in [0.3, 0.4) is 0 Å². The van der Waals surface area contributed by atoms with E-state index < -0.39 is 7.26 Å². The quantitative estimate of drug-likeness (QED) is 0.195. The van der Waals surface area contributed by atoms with E-state index in [1.54, 1.807) is 0 Å². The summed E-state index contributed by atoms with van der Waals surface area (Å²) in [4.78, 5) is 2.24. The second-order valence-electron chi connectivity index (χ2n) is 9.26. The number of ether oxygens (including phenoxy) is 1. The maximum absolute atomic E-state index is 6.40. The Morgan fingerprint density at radius 2 is 1.08 bits per heavy atom. The number of nitrogens with zero attached hydrogens (tertiary/aromatic N) is 1. The fourth-order valence-corrected chi connectivity index (χ4v) is 9.12. The first-order valence-electron chi connectivity index (χ1n) is 12.6. The molecule has 0 radical (unpaired) electrons. The second-order valence-corrected chi connectivity index (χ2v) is 12.9. The van der Waals surface area contributed by atoms with Crippen molar-refractivity contribution in [2.24, 2.45) is 0 Å². The van der Waals surface area contributed by atoms with Crippen molar-refractivity contribution in [3.8, 4) is 5.75 Å². The van der Waals surface area contributed by atoms with Crippen molar-refractivity contribution >= 4 is 23.2 Å². The monoisotopic (exact) mass is 561 g/mol. The lowest BCUT2D eigenvalue weighted by atomic mass is 10.1. The summed E-state index contributed by atoms with van der Waals surface area (Å²) in [5.41, 5.74) is 1.31. The first kappa shape index (κ1) is 28.1. The molecule has 36 heavy (non-hydrogen) atoms. The maximum atomic E-state index is 6.40. The average molecular weight is 563 g/mol. The summed E-state index contributed by atoms with van der Waals surface area (Å²) in [7, 11) is 2.46. The van der Waals surface area contributed by atoms with Crippen LogP contribution in [0.25, 0.3) is 0 Å². The molecule has 0 aliphatic rings. The average Bonchev–Trinajstić information content (AvgIpc) is 2.91. The summed E-state index contributed by atoms with van der Waals surface area (Å²) in [5, 5.41) is 4.30. The van der Waals surface area contributed by atoms with Crippen molar-refractivity contribution < 1.29 is 21.7 Å². The molecular weight excluding hydrogens is 525 g/mol. The summed E-state index contributed by atoms with van der Waals surface area (Å²) >= 11 is 0. The first-order valence-corrected chi connectivity index (χ1v) is 14.6. The summed E-state index contributed by atoms with van der Waals surface area (Å²) in [6.07, 6.45) is 4.26. The van der Waals surface area contributed by atoms with Crippen LogP contribution in [-0.4, -0.2) is 38.3 Å². The Labute approximate surface area is 228 Å². The van der Waals surface area contributed by atoms with Gasteiger partial charge in [0.05, 0.1) is 12.8 Å². The SMILES string of the molecule is CN(C)CCCc1ccccc1OCCC[P+](c1ccccc1)(c1ccccc1)c1ccccc1.[Br-]. The Kier molecular flexibility index (Phi) is 11.2. The van der Waals surface area contributed by atoms with Crippen LogP contribution >= 0.6 is 7.26 Å². The minimum atomic E-state index is -1.80. The predicted octanol–water partition coefficient (Wildman–Crippen LogP) is 2.95. The number of hydrogen-bond acceptors (Lipinski definition) is 2. The lowest BCUT2D eigenvalue weighted by molar-refractivity contribution is -0.00000744. The fourth-order valence-electron chi connectivity index (χ4n) is 4.80. The largest absolute Gasteiger partial charge is 1.00 e. The highest BCUT2D eigenvalue weighted by molar-refractivity contribution is 7.95. The Hall–Kier alpha value is -2.45. The molecule has 4 aromatic rings. The molecule has 0 aliphatic heterocycles. The lowest BCUT2D eigenvalue weighted by Crippen LogP contribution is -3.00. The Morgan fingerprint density at radius 3 is 1.58 bits per heavy atom. The molecule has 0 heterocycles. The molecule has 0 N–H and O–H groups in total. The fraction of sp³-hybridized carbons (Fsp3) is 0.250. The van der Waals surface area contributed by atoms with Crippen molar-refractivity contribution in [2.75, 3.05) is 33.4 Å². The van der Waals surface area contributed by atoms with Gasteiger partial charge in [-0.3, -0.25) is 0 Å². The number of halogens is 1. The van der Waals surface area contributed by atoms with Crippen molar-refractivity contribution in [3.63, 3.8) is 0 Å². The summed E-state index contributed by atoms with van der Waals surface area (Å²) in [5.74, 6) is 1.04. The second kappa shape index (κ2) is 14.3. The third kappa shape index (κ3) is 7.07. The minimum absolute atomic E-state index is 0. The van der Waals surface area contributed by atoms with E-state index >= 15 is 0 Å². The molecule has 0 aromatic heterocycles. The number of para-hydroxylation sites is 1. The Morgan fingerprint density at radius 1 is 0.611 bits per heavy atom. The van der Waals surface area contributed by atoms with Crippen molar-refractivity contribution in [1.82, 2.24) is 4.90 Å². The van der Waals surface area contributed by atoms with Gasteiger partial charge in [-0.05, 0) is 81.5 Å². The zero-order valence-electron chi connectivity index (χ0n) is 21.4. The number of hydrogen-bond donors (Lipinski definition) is 0. The predicted molar refractivity (Wildman–Crippen MR) is 153 cm³/mol. The van der Waals surface area contributed by atoms with Crippen molar-refractivity contribution in [2.45, 2.75) is 19.3 Å². The zero-order chi connectivity index (χ0) is 24.3. The molecule has 4 aromatic carbocycles. The number of rotatable bonds is 12. The molecule has 2 nitrogen and oxygen atoms in total. The van der Waals surface area contributed by atoms with Crippen LogP contribution in [0.2, 0.25) is 0 Å². The van der Waals surface area contributed by atoms with Gasteiger partial charge in [0.15, 0.2) is 0 Å². The highest BCUT2D eigenvalue weighted by atomic mass is 79.9. The third-order valence-corrected chi connectivity index (χ3v) is 11.0. The summed E-state index contributed by atoms with van der Waals surface area (Å²) in [6, 6.07) is 41.8. The Balaban J connectivity index is 0.00000361. The van der Waals surface area contributed by atoms with Gasteiger partial charge < -0.3 is 26.6 Å². The van der Waals surface area contributed by atoms with Crippen LogP contribution in [0.4, 0.5) is 0 Å². The molecule has 0 fully saturated rings. The highest BCUT2D eigenvalue weighted by Gasteiger charge is 2.44. The van der Waals surface area contributed by atoms with Gasteiger partial charge in [-0.2, -0.15) is 0 Å². The number of benzene rings is 4. The molecule has 0 atom stereocenters. The molecule has 0 unspecified atom stereocenters. The van der Waals surface area contributed by atoms with E-state index in [1.807, 2.05) is 0 Å². The summed E-state index contributed by atoms with van der Waals surface area (Å²) in [6.45, 7) is 1.81. The van der Waals surface area contributed by atoms with E-state index in [9.17, 15) is 0 Å². The topological polar surface area (TPSA) is 12.5 Å². The zero-order valence-corrected chi connectivity index (χ0v) is 23.9. The standard InChI is InChI=1S/C32H37NOP.BrH/c1-33(2)25-14-17-28-16-12-13-24-32(28)34-26-15-27-35(29-18-6-3-7-19-29,30-20-8-4-9-21-30)31-22-10-5-11-23-31;/h3-13,16,18-24H,14-15,17,25-27H2,1-2H3;1H/q+1;/p-1. The van der Waals surface area contributed by atoms with E-state index in [0.717, 1.165) is 44.3 Å². The molecule has 0 bridgehead atoms. The lowest BCUT2D eigenvalue weighted by Gasteiger charge is -2.27. The van der Waals surface area contributed by atoms with Crippen LogP contribution < -0.4 is 37.6 Å². The molecule has 0 amide bonds. The molecule has 4 rings (SSSR count). The van der Waals surface area contributed by atoms with Gasteiger partial charge in [0.2, 0.25) is 0 Å². The normalized spacial score (nSPS) is 11.2. The van der Waals surface area contributed by atoms with Crippen LogP contribution in [-0.2, 0) is 6.42 Å². The molecule has 0 spiro atoms. The molecule has 188 valence electrons. The van der Waals surface area contributed by atoms with Gasteiger partial charge in [-0.1, -0.05) is 72.8 Å². The van der Waals surface area contributed by atoms with Crippen molar-refractivity contribution in [3.05, 3.63) is 121 Å². The minimum Gasteiger partial charge on any atom is -1.00 e. The number of aryl methyl sites for hydroxylation is 1. The van der Waals surface area contributed by atoms with Gasteiger partial charge in [-0.15, -0.1) is 0 Å². The molecule has 4 heteroatoms. The van der Waals surface area contributed by atoms with Crippen LogP contribution in [0.5, 0.6) is 5.75 Å². The maximum Gasteiger partial charge on any atom is 0.122 e. The first-order chi connectivity index (χ1) is 17.2. The van der Waals surface area contributed by atoms with Gasteiger partial charge >= 0.3 is 0 Å². The molecule has 0 saturated heterocycles. The van der Waals surface area contributed by atoms with E-state index in [1.165, 1.54) is 21.5 Å². The molecule has 0 aliphatic carbocycles. The summed E-state index contributed by atoms with van der Waals surface area (Å²) < 4.78 is 6.40. The molecule has 0 saturated carbocycles. The van der Waals surface area contributed by atoms with E-state index in [0.29, 0.717) is 0 Å². The van der Waals surface area contributed by atoms with Gasteiger partial charge in [-0.25, -0.2) is 0 Å². The van der Waals surface area contributed by atoms with Crippen molar-refractivity contribution in [1.29, 1.82) is 0 Å². The van der Waals surface area contributed by atoms with Crippen LogP contribution in [0.15, 0.2) is 115 Å². The van der Waals surface area contributed by atoms with Gasteiger partial charge in [0, 0.05) is 6.42 Å².